The molecule has 1 atom stereocenters. The van der Waals surface area contributed by atoms with Crippen LogP contribution in [0.1, 0.15) is 114 Å². The van der Waals surface area contributed by atoms with Crippen LogP contribution in [-0.2, 0) is 9.53 Å². The molecule has 6 heteroatoms. The van der Waals surface area contributed by atoms with Crippen LogP contribution in [0.5, 0.6) is 5.75 Å². The molecular weight excluding hydrogens is 476 g/mol. The van der Waals surface area contributed by atoms with Gasteiger partial charge >= 0.3 is 5.97 Å². The van der Waals surface area contributed by atoms with E-state index in [1.807, 2.05) is 39.0 Å². The van der Waals surface area contributed by atoms with Crippen molar-refractivity contribution in [1.82, 2.24) is 0 Å². The fourth-order valence-corrected chi connectivity index (χ4v) is 4.29. The van der Waals surface area contributed by atoms with E-state index in [9.17, 15) is 9.59 Å². The SMILES string of the molecule is CCCCCCCCCCCCOc1ccccc1C(=O)Nc1ccc(C(CN)C(=O)OC(C)(C)C)cc1. The Bertz CT molecular complexity index is 966. The number of nitrogens with two attached hydrogens (primary N) is 1. The van der Waals surface area contributed by atoms with Crippen molar-refractivity contribution in [2.75, 3.05) is 18.5 Å². The molecule has 0 spiro atoms. The largest absolute Gasteiger partial charge is 0.493 e. The lowest BCUT2D eigenvalue weighted by Gasteiger charge is -2.23. The van der Waals surface area contributed by atoms with E-state index in [2.05, 4.69) is 12.2 Å². The highest BCUT2D eigenvalue weighted by Gasteiger charge is 2.25. The monoisotopic (exact) mass is 524 g/mol. The van der Waals surface area contributed by atoms with Gasteiger partial charge in [-0.25, -0.2) is 0 Å². The summed E-state index contributed by atoms with van der Waals surface area (Å²) < 4.78 is 11.5. The minimum Gasteiger partial charge on any atom is -0.493 e. The van der Waals surface area contributed by atoms with E-state index in [0.717, 1.165) is 18.4 Å². The molecule has 0 aliphatic rings. The van der Waals surface area contributed by atoms with Crippen molar-refractivity contribution >= 4 is 17.6 Å². The number of hydrogen-bond donors (Lipinski definition) is 2. The number of esters is 1. The number of ether oxygens (including phenoxy) is 2. The molecule has 0 heterocycles. The Kier molecular flexibility index (Phi) is 13.9. The summed E-state index contributed by atoms with van der Waals surface area (Å²) in [5.74, 6) is -0.561. The Labute approximate surface area is 229 Å². The molecule has 0 radical (unpaired) electrons. The van der Waals surface area contributed by atoms with Gasteiger partial charge in [-0.05, 0) is 57.0 Å². The van der Waals surface area contributed by atoms with Crippen molar-refractivity contribution in [3.8, 4) is 5.75 Å². The zero-order valence-electron chi connectivity index (χ0n) is 23.9. The van der Waals surface area contributed by atoms with Gasteiger partial charge in [0.2, 0.25) is 0 Å². The fourth-order valence-electron chi connectivity index (χ4n) is 4.29. The van der Waals surface area contributed by atoms with Crippen LogP contribution in [0.4, 0.5) is 5.69 Å². The minimum atomic E-state index is -0.582. The number of benzene rings is 2. The van der Waals surface area contributed by atoms with Crippen LogP contribution < -0.4 is 15.8 Å². The summed E-state index contributed by atoms with van der Waals surface area (Å²) >= 11 is 0. The lowest BCUT2D eigenvalue weighted by atomic mass is 9.98. The summed E-state index contributed by atoms with van der Waals surface area (Å²) in [7, 11) is 0. The van der Waals surface area contributed by atoms with Gasteiger partial charge in [-0.1, -0.05) is 89.0 Å². The normalized spacial score (nSPS) is 12.1. The summed E-state index contributed by atoms with van der Waals surface area (Å²) in [5.41, 5.74) is 7.15. The first kappa shape index (κ1) is 31.4. The van der Waals surface area contributed by atoms with Crippen molar-refractivity contribution in [1.29, 1.82) is 0 Å². The number of nitrogens with one attached hydrogen (secondary N) is 1. The number of anilines is 1. The zero-order chi connectivity index (χ0) is 27.8. The van der Waals surface area contributed by atoms with Crippen molar-refractivity contribution in [3.05, 3.63) is 59.7 Å². The molecule has 0 saturated heterocycles. The third-order valence-corrected chi connectivity index (χ3v) is 6.39. The molecule has 38 heavy (non-hydrogen) atoms. The Balaban J connectivity index is 1.82. The third kappa shape index (κ3) is 11.7. The van der Waals surface area contributed by atoms with Gasteiger partial charge in [-0.15, -0.1) is 0 Å². The highest BCUT2D eigenvalue weighted by Crippen LogP contribution is 2.24. The fraction of sp³-hybridized carbons (Fsp3) is 0.562. The molecule has 6 nitrogen and oxygen atoms in total. The summed E-state index contributed by atoms with van der Waals surface area (Å²) in [4.78, 5) is 25.5. The number of hydrogen-bond acceptors (Lipinski definition) is 5. The van der Waals surface area contributed by atoms with Gasteiger partial charge in [0.05, 0.1) is 18.1 Å². The van der Waals surface area contributed by atoms with Crippen molar-refractivity contribution < 1.29 is 19.1 Å². The van der Waals surface area contributed by atoms with Crippen LogP contribution in [0.2, 0.25) is 0 Å². The predicted molar refractivity (Wildman–Crippen MR) is 156 cm³/mol. The molecule has 1 amide bonds. The summed E-state index contributed by atoms with van der Waals surface area (Å²) in [5, 5.41) is 2.93. The lowest BCUT2D eigenvalue weighted by molar-refractivity contribution is -0.156. The predicted octanol–water partition coefficient (Wildman–Crippen LogP) is 7.62. The minimum absolute atomic E-state index is 0.143. The molecule has 0 aliphatic heterocycles. The van der Waals surface area contributed by atoms with E-state index in [0.29, 0.717) is 23.6 Å². The van der Waals surface area contributed by atoms with Crippen molar-refractivity contribution in [2.24, 2.45) is 5.73 Å². The van der Waals surface area contributed by atoms with E-state index in [1.165, 1.54) is 51.4 Å². The second-order valence-corrected chi connectivity index (χ2v) is 10.9. The van der Waals surface area contributed by atoms with Gasteiger partial charge in [-0.3, -0.25) is 9.59 Å². The van der Waals surface area contributed by atoms with E-state index in [1.54, 1.807) is 30.3 Å². The second kappa shape index (κ2) is 16.9. The van der Waals surface area contributed by atoms with E-state index in [4.69, 9.17) is 15.2 Å². The third-order valence-electron chi connectivity index (χ3n) is 6.39. The van der Waals surface area contributed by atoms with Gasteiger partial charge in [0.25, 0.3) is 5.91 Å². The molecule has 2 aromatic carbocycles. The van der Waals surface area contributed by atoms with Crippen LogP contribution in [0.15, 0.2) is 48.5 Å². The number of carbonyl (C=O) groups is 2. The van der Waals surface area contributed by atoms with E-state index in [-0.39, 0.29) is 18.4 Å². The average molecular weight is 525 g/mol. The average Bonchev–Trinajstić information content (AvgIpc) is 2.88. The number of carbonyl (C=O) groups excluding carboxylic acids is 2. The van der Waals surface area contributed by atoms with E-state index < -0.39 is 11.5 Å². The Morgan fingerprint density at radius 3 is 2.00 bits per heavy atom. The number of rotatable bonds is 17. The van der Waals surface area contributed by atoms with Gasteiger partial charge in [0.1, 0.15) is 11.4 Å². The molecular formula is C32H48N2O4. The number of unbranched alkanes of at least 4 members (excludes halogenated alkanes) is 9. The lowest BCUT2D eigenvalue weighted by Crippen LogP contribution is -2.31. The summed E-state index contributed by atoms with van der Waals surface area (Å²) in [6, 6.07) is 14.4. The molecule has 0 aliphatic carbocycles. The maximum absolute atomic E-state index is 13.0. The van der Waals surface area contributed by atoms with E-state index >= 15 is 0 Å². The smallest absolute Gasteiger partial charge is 0.315 e. The van der Waals surface area contributed by atoms with Crippen LogP contribution >= 0.6 is 0 Å². The highest BCUT2D eigenvalue weighted by atomic mass is 16.6. The maximum atomic E-state index is 13.0. The molecule has 0 saturated carbocycles. The van der Waals surface area contributed by atoms with Crippen molar-refractivity contribution in [2.45, 2.75) is 103 Å². The van der Waals surface area contributed by atoms with Crippen LogP contribution in [0.3, 0.4) is 0 Å². The molecule has 2 aromatic rings. The number of amides is 1. The van der Waals surface area contributed by atoms with Gasteiger partial charge < -0.3 is 20.5 Å². The van der Waals surface area contributed by atoms with Crippen molar-refractivity contribution in [3.63, 3.8) is 0 Å². The van der Waals surface area contributed by atoms with Gasteiger partial charge in [0, 0.05) is 12.2 Å². The van der Waals surface area contributed by atoms with Gasteiger partial charge in [-0.2, -0.15) is 0 Å². The molecule has 0 bridgehead atoms. The van der Waals surface area contributed by atoms with Crippen LogP contribution in [-0.4, -0.2) is 30.6 Å². The standard InChI is InChI=1S/C32H48N2O4/c1-5-6-7-8-9-10-11-12-13-16-23-37-29-18-15-14-17-27(29)30(35)34-26-21-19-25(20-22-26)28(24-33)31(36)38-32(2,3)4/h14-15,17-22,28H,5-13,16,23-24,33H2,1-4H3,(H,34,35). The van der Waals surface area contributed by atoms with Gasteiger partial charge in [0.15, 0.2) is 0 Å². The zero-order valence-corrected chi connectivity index (χ0v) is 23.9. The Hall–Kier alpha value is -2.86. The second-order valence-electron chi connectivity index (χ2n) is 10.9. The Morgan fingerprint density at radius 2 is 1.42 bits per heavy atom. The molecule has 1 unspecified atom stereocenters. The quantitative estimate of drug-likeness (QED) is 0.164. The molecule has 210 valence electrons. The van der Waals surface area contributed by atoms with Crippen LogP contribution in [0.25, 0.3) is 0 Å². The first-order valence-electron chi connectivity index (χ1n) is 14.3. The first-order chi connectivity index (χ1) is 18.2. The van der Waals surface area contributed by atoms with Crippen LogP contribution in [0, 0.1) is 0 Å². The molecule has 0 fully saturated rings. The highest BCUT2D eigenvalue weighted by molar-refractivity contribution is 6.06. The molecule has 3 N–H and O–H groups in total. The number of para-hydroxylation sites is 1. The first-order valence-corrected chi connectivity index (χ1v) is 14.3. The summed E-state index contributed by atoms with van der Waals surface area (Å²) in [6.45, 7) is 8.48. The Morgan fingerprint density at radius 1 is 0.842 bits per heavy atom. The molecule has 2 rings (SSSR count). The molecule has 0 aromatic heterocycles. The maximum Gasteiger partial charge on any atom is 0.315 e. The topological polar surface area (TPSA) is 90.6 Å². The summed E-state index contributed by atoms with van der Waals surface area (Å²) in [6.07, 6.45) is 12.7.